The minimum Gasteiger partial charge on any atom is -0.496 e. The summed E-state index contributed by atoms with van der Waals surface area (Å²) in [5.41, 5.74) is 2.46. The van der Waals surface area contributed by atoms with Crippen molar-refractivity contribution >= 4 is 0 Å². The molecule has 0 spiro atoms. The monoisotopic (exact) mass is 279 g/mol. The molecule has 2 N–H and O–H groups in total. The van der Waals surface area contributed by atoms with Crippen LogP contribution < -0.4 is 10.1 Å². The quantitative estimate of drug-likeness (QED) is 0.838. The second-order valence-corrected chi connectivity index (χ2v) is 6.56. The van der Waals surface area contributed by atoms with Crippen LogP contribution in [-0.2, 0) is 0 Å². The van der Waals surface area contributed by atoms with Crippen LogP contribution >= 0.6 is 0 Å². The number of benzene rings is 1. The van der Waals surface area contributed by atoms with Crippen LogP contribution in [0.2, 0.25) is 0 Å². The number of rotatable bonds is 6. The molecule has 0 bridgehead atoms. The first kappa shape index (κ1) is 17.0. The third-order valence-electron chi connectivity index (χ3n) is 3.77. The molecule has 0 heterocycles. The molecule has 3 heteroatoms. The summed E-state index contributed by atoms with van der Waals surface area (Å²) in [6.07, 6.45) is 0.752. The average molecular weight is 279 g/mol. The fourth-order valence-electron chi connectivity index (χ4n) is 2.46. The van der Waals surface area contributed by atoms with Gasteiger partial charge in [-0.1, -0.05) is 32.9 Å². The lowest BCUT2D eigenvalue weighted by molar-refractivity contribution is 0.187. The number of hydrogen-bond acceptors (Lipinski definition) is 3. The number of methoxy groups -OCH3 is 1. The number of aliphatic hydroxyl groups excluding tert-OH is 1. The van der Waals surface area contributed by atoms with Crippen LogP contribution in [0.1, 0.15) is 51.3 Å². The summed E-state index contributed by atoms with van der Waals surface area (Å²) in [5, 5.41) is 12.9. The molecular formula is C17H29NO2. The van der Waals surface area contributed by atoms with Gasteiger partial charge in [0.05, 0.1) is 7.11 Å². The van der Waals surface area contributed by atoms with Crippen LogP contribution in [-0.4, -0.2) is 24.9 Å². The predicted octanol–water partition coefficient (Wildman–Crippen LogP) is 3.45. The molecule has 0 fully saturated rings. The number of ether oxygens (including phenoxy) is 1. The lowest BCUT2D eigenvalue weighted by Crippen LogP contribution is -2.42. The van der Waals surface area contributed by atoms with Crippen molar-refractivity contribution in [2.45, 2.75) is 53.1 Å². The molecule has 0 amide bonds. The van der Waals surface area contributed by atoms with Crippen molar-refractivity contribution in [3.8, 4) is 5.75 Å². The smallest absolute Gasteiger partial charge is 0.123 e. The largest absolute Gasteiger partial charge is 0.496 e. The van der Waals surface area contributed by atoms with Gasteiger partial charge in [0.1, 0.15) is 5.75 Å². The van der Waals surface area contributed by atoms with Crippen LogP contribution in [0.25, 0.3) is 0 Å². The number of aliphatic hydroxyl groups is 1. The van der Waals surface area contributed by atoms with E-state index in [0.717, 1.165) is 17.7 Å². The van der Waals surface area contributed by atoms with Gasteiger partial charge in [-0.2, -0.15) is 0 Å². The molecule has 1 aromatic rings. The fourth-order valence-corrected chi connectivity index (χ4v) is 2.46. The minimum atomic E-state index is 0.106. The fraction of sp³-hybridized carbons (Fsp3) is 0.647. The highest BCUT2D eigenvalue weighted by Gasteiger charge is 2.26. The standard InChI is InChI=1S/C17H29NO2/c1-12-7-8-14(15(11-12)20-6)13(2)18-16(9-10-19)17(3,4)5/h7-8,11,13,16,18-19H,9-10H2,1-6H3. The summed E-state index contributed by atoms with van der Waals surface area (Å²) in [5.74, 6) is 0.918. The Bertz CT molecular complexity index is 423. The topological polar surface area (TPSA) is 41.5 Å². The van der Waals surface area contributed by atoms with Gasteiger partial charge in [0.25, 0.3) is 0 Å². The van der Waals surface area contributed by atoms with Gasteiger partial charge in [-0.3, -0.25) is 0 Å². The van der Waals surface area contributed by atoms with Crippen molar-refractivity contribution < 1.29 is 9.84 Å². The maximum Gasteiger partial charge on any atom is 0.123 e. The molecule has 20 heavy (non-hydrogen) atoms. The second-order valence-electron chi connectivity index (χ2n) is 6.56. The molecule has 2 unspecified atom stereocenters. The van der Waals surface area contributed by atoms with Crippen molar-refractivity contribution in [3.05, 3.63) is 29.3 Å². The molecule has 0 saturated carbocycles. The highest BCUT2D eigenvalue weighted by molar-refractivity contribution is 5.39. The normalized spacial score (nSPS) is 14.9. The Labute approximate surface area is 123 Å². The number of aryl methyl sites for hydroxylation is 1. The molecule has 0 aromatic heterocycles. The summed E-state index contributed by atoms with van der Waals surface area (Å²) < 4.78 is 5.49. The van der Waals surface area contributed by atoms with E-state index in [9.17, 15) is 5.11 Å². The third kappa shape index (κ3) is 4.50. The molecule has 3 nitrogen and oxygen atoms in total. The predicted molar refractivity (Wildman–Crippen MR) is 84.2 cm³/mol. The molecule has 0 radical (unpaired) electrons. The van der Waals surface area contributed by atoms with E-state index in [1.807, 2.05) is 0 Å². The van der Waals surface area contributed by atoms with Crippen molar-refractivity contribution in [2.24, 2.45) is 5.41 Å². The summed E-state index contributed by atoms with van der Waals surface area (Å²) in [6.45, 7) is 11.0. The molecule has 0 saturated heterocycles. The van der Waals surface area contributed by atoms with Gasteiger partial charge in [-0.15, -0.1) is 0 Å². The molecule has 2 atom stereocenters. The Kier molecular flexibility index (Phi) is 6.03. The summed E-state index contributed by atoms with van der Waals surface area (Å²) in [6, 6.07) is 6.72. The van der Waals surface area contributed by atoms with Gasteiger partial charge < -0.3 is 15.2 Å². The van der Waals surface area contributed by atoms with Crippen molar-refractivity contribution in [1.29, 1.82) is 0 Å². The molecule has 0 aliphatic carbocycles. The lowest BCUT2D eigenvalue weighted by atomic mass is 9.84. The summed E-state index contributed by atoms with van der Waals surface area (Å²) in [4.78, 5) is 0. The number of nitrogens with one attached hydrogen (secondary N) is 1. The maximum atomic E-state index is 9.26. The Balaban J connectivity index is 2.91. The first-order valence-electron chi connectivity index (χ1n) is 7.31. The zero-order chi connectivity index (χ0) is 15.3. The van der Waals surface area contributed by atoms with Crippen LogP contribution in [0, 0.1) is 12.3 Å². The Morgan fingerprint density at radius 2 is 1.95 bits per heavy atom. The second kappa shape index (κ2) is 7.09. The number of hydrogen-bond donors (Lipinski definition) is 2. The van der Waals surface area contributed by atoms with Crippen molar-refractivity contribution in [2.75, 3.05) is 13.7 Å². The zero-order valence-corrected chi connectivity index (χ0v) is 13.7. The average Bonchev–Trinajstić information content (AvgIpc) is 2.36. The van der Waals surface area contributed by atoms with Crippen molar-refractivity contribution in [3.63, 3.8) is 0 Å². The Morgan fingerprint density at radius 3 is 2.45 bits per heavy atom. The SMILES string of the molecule is COc1cc(C)ccc1C(C)NC(CCO)C(C)(C)C. The molecule has 1 aromatic carbocycles. The zero-order valence-electron chi connectivity index (χ0n) is 13.7. The molecular weight excluding hydrogens is 250 g/mol. The molecule has 114 valence electrons. The van der Waals surface area contributed by atoms with E-state index in [-0.39, 0.29) is 24.1 Å². The van der Waals surface area contributed by atoms with Gasteiger partial charge in [0.15, 0.2) is 0 Å². The van der Waals surface area contributed by atoms with E-state index >= 15 is 0 Å². The lowest BCUT2D eigenvalue weighted by Gasteiger charge is -2.34. The maximum absolute atomic E-state index is 9.26. The van der Waals surface area contributed by atoms with Crippen LogP contribution in [0.15, 0.2) is 18.2 Å². The highest BCUT2D eigenvalue weighted by atomic mass is 16.5. The van der Waals surface area contributed by atoms with Crippen LogP contribution in [0.5, 0.6) is 5.75 Å². The van der Waals surface area contributed by atoms with Gasteiger partial charge in [-0.25, -0.2) is 0 Å². The third-order valence-corrected chi connectivity index (χ3v) is 3.77. The van der Waals surface area contributed by atoms with E-state index in [2.05, 4.69) is 58.1 Å². The summed E-state index contributed by atoms with van der Waals surface area (Å²) in [7, 11) is 1.71. The van der Waals surface area contributed by atoms with Gasteiger partial charge in [0, 0.05) is 24.3 Å². The summed E-state index contributed by atoms with van der Waals surface area (Å²) >= 11 is 0. The van der Waals surface area contributed by atoms with E-state index in [1.54, 1.807) is 7.11 Å². The molecule has 0 aliphatic heterocycles. The van der Waals surface area contributed by atoms with E-state index in [0.29, 0.717) is 0 Å². The first-order chi connectivity index (χ1) is 9.29. The van der Waals surface area contributed by atoms with Crippen LogP contribution in [0.3, 0.4) is 0 Å². The Hall–Kier alpha value is -1.06. The van der Waals surface area contributed by atoms with Gasteiger partial charge >= 0.3 is 0 Å². The highest BCUT2D eigenvalue weighted by Crippen LogP contribution is 2.29. The van der Waals surface area contributed by atoms with Crippen molar-refractivity contribution in [1.82, 2.24) is 5.32 Å². The molecule has 0 aliphatic rings. The van der Waals surface area contributed by atoms with E-state index in [4.69, 9.17) is 4.74 Å². The minimum absolute atomic E-state index is 0.106. The van der Waals surface area contributed by atoms with E-state index in [1.165, 1.54) is 5.56 Å². The van der Waals surface area contributed by atoms with E-state index < -0.39 is 0 Å². The van der Waals surface area contributed by atoms with Gasteiger partial charge in [0.2, 0.25) is 0 Å². The Morgan fingerprint density at radius 1 is 1.30 bits per heavy atom. The van der Waals surface area contributed by atoms with Crippen LogP contribution in [0.4, 0.5) is 0 Å². The molecule has 1 rings (SSSR count). The van der Waals surface area contributed by atoms with Gasteiger partial charge in [-0.05, 0) is 37.3 Å². The first-order valence-corrected chi connectivity index (χ1v) is 7.31.